The Kier molecular flexibility index (Phi) is 6.54. The van der Waals surface area contributed by atoms with Crippen molar-refractivity contribution in [3.05, 3.63) is 24.3 Å². The SMILES string of the molecule is COCCOc1cccc(NC(C)C(C)OC)c1. The Morgan fingerprint density at radius 2 is 1.94 bits per heavy atom. The lowest BCUT2D eigenvalue weighted by Gasteiger charge is -2.21. The number of rotatable bonds is 8. The molecule has 0 amide bonds. The Balaban J connectivity index is 2.53. The number of nitrogens with one attached hydrogen (secondary N) is 1. The zero-order valence-corrected chi connectivity index (χ0v) is 11.6. The van der Waals surface area contributed by atoms with Crippen LogP contribution < -0.4 is 10.1 Å². The second-order valence-electron chi connectivity index (χ2n) is 4.24. The monoisotopic (exact) mass is 253 g/mol. The highest BCUT2D eigenvalue weighted by Crippen LogP contribution is 2.18. The summed E-state index contributed by atoms with van der Waals surface area (Å²) in [6.07, 6.45) is 0.156. The second kappa shape index (κ2) is 7.95. The van der Waals surface area contributed by atoms with Crippen molar-refractivity contribution in [1.82, 2.24) is 0 Å². The average molecular weight is 253 g/mol. The van der Waals surface area contributed by atoms with Gasteiger partial charge in [-0.1, -0.05) is 6.07 Å². The van der Waals surface area contributed by atoms with Gasteiger partial charge in [-0.2, -0.15) is 0 Å². The first-order valence-electron chi connectivity index (χ1n) is 6.18. The van der Waals surface area contributed by atoms with Gasteiger partial charge in [0.1, 0.15) is 12.4 Å². The topological polar surface area (TPSA) is 39.7 Å². The largest absolute Gasteiger partial charge is 0.491 e. The number of benzene rings is 1. The maximum absolute atomic E-state index is 5.56. The summed E-state index contributed by atoms with van der Waals surface area (Å²) in [4.78, 5) is 0. The first-order chi connectivity index (χ1) is 8.67. The van der Waals surface area contributed by atoms with Crippen LogP contribution in [0, 0.1) is 0 Å². The van der Waals surface area contributed by atoms with Crippen LogP contribution >= 0.6 is 0 Å². The Labute approximate surface area is 109 Å². The van der Waals surface area contributed by atoms with Crippen LogP contribution in [0.3, 0.4) is 0 Å². The van der Waals surface area contributed by atoms with E-state index in [1.807, 2.05) is 31.2 Å². The third-order valence-corrected chi connectivity index (χ3v) is 2.86. The van der Waals surface area contributed by atoms with E-state index in [1.54, 1.807) is 14.2 Å². The molecule has 0 spiro atoms. The van der Waals surface area contributed by atoms with Crippen molar-refractivity contribution in [3.63, 3.8) is 0 Å². The molecule has 4 nitrogen and oxygen atoms in total. The van der Waals surface area contributed by atoms with E-state index < -0.39 is 0 Å². The molecule has 1 aromatic carbocycles. The molecule has 0 saturated carbocycles. The van der Waals surface area contributed by atoms with Crippen molar-refractivity contribution in [1.29, 1.82) is 0 Å². The summed E-state index contributed by atoms with van der Waals surface area (Å²) in [5.74, 6) is 0.842. The van der Waals surface area contributed by atoms with E-state index in [4.69, 9.17) is 14.2 Å². The normalized spacial score (nSPS) is 14.0. The van der Waals surface area contributed by atoms with Crippen molar-refractivity contribution in [2.75, 3.05) is 32.8 Å². The highest BCUT2D eigenvalue weighted by molar-refractivity contribution is 5.48. The summed E-state index contributed by atoms with van der Waals surface area (Å²) in [6, 6.07) is 8.14. The van der Waals surface area contributed by atoms with Gasteiger partial charge in [-0.3, -0.25) is 0 Å². The smallest absolute Gasteiger partial charge is 0.121 e. The van der Waals surface area contributed by atoms with Gasteiger partial charge >= 0.3 is 0 Å². The molecular weight excluding hydrogens is 230 g/mol. The van der Waals surface area contributed by atoms with Crippen LogP contribution in [0.1, 0.15) is 13.8 Å². The maximum atomic E-state index is 5.56. The fraction of sp³-hybridized carbons (Fsp3) is 0.571. The fourth-order valence-electron chi connectivity index (χ4n) is 1.50. The molecule has 0 aliphatic rings. The van der Waals surface area contributed by atoms with Crippen LogP contribution in [-0.4, -0.2) is 39.6 Å². The second-order valence-corrected chi connectivity index (χ2v) is 4.24. The predicted molar refractivity (Wildman–Crippen MR) is 73.4 cm³/mol. The Hall–Kier alpha value is -1.26. The molecule has 0 saturated heterocycles. The van der Waals surface area contributed by atoms with Crippen molar-refractivity contribution in [3.8, 4) is 5.75 Å². The molecule has 2 atom stereocenters. The summed E-state index contributed by atoms with van der Waals surface area (Å²) in [5, 5.41) is 3.39. The number of methoxy groups -OCH3 is 2. The van der Waals surface area contributed by atoms with Gasteiger partial charge in [0.05, 0.1) is 12.7 Å². The van der Waals surface area contributed by atoms with Crippen molar-refractivity contribution in [2.45, 2.75) is 26.0 Å². The van der Waals surface area contributed by atoms with Crippen LogP contribution in [0.25, 0.3) is 0 Å². The van der Waals surface area contributed by atoms with Gasteiger partial charge < -0.3 is 19.5 Å². The summed E-state index contributed by atoms with van der Waals surface area (Å²) in [5.41, 5.74) is 1.03. The summed E-state index contributed by atoms with van der Waals surface area (Å²) < 4.78 is 15.8. The lowest BCUT2D eigenvalue weighted by atomic mass is 10.2. The molecule has 0 bridgehead atoms. The molecule has 1 aromatic rings. The van der Waals surface area contributed by atoms with Crippen LogP contribution in [0.4, 0.5) is 5.69 Å². The molecule has 102 valence electrons. The first kappa shape index (κ1) is 14.8. The van der Waals surface area contributed by atoms with E-state index in [0.29, 0.717) is 13.2 Å². The van der Waals surface area contributed by atoms with Gasteiger partial charge in [-0.25, -0.2) is 0 Å². The molecule has 2 unspecified atom stereocenters. The molecular formula is C14H23NO3. The molecule has 0 radical (unpaired) electrons. The van der Waals surface area contributed by atoms with E-state index in [0.717, 1.165) is 11.4 Å². The van der Waals surface area contributed by atoms with Crippen LogP contribution in [0.5, 0.6) is 5.75 Å². The third-order valence-electron chi connectivity index (χ3n) is 2.86. The van der Waals surface area contributed by atoms with Gasteiger partial charge in [-0.05, 0) is 26.0 Å². The van der Waals surface area contributed by atoms with Gasteiger partial charge in [-0.15, -0.1) is 0 Å². The van der Waals surface area contributed by atoms with Gasteiger partial charge in [0.25, 0.3) is 0 Å². The molecule has 1 rings (SSSR count). The molecule has 0 aliphatic carbocycles. The third kappa shape index (κ3) is 4.94. The van der Waals surface area contributed by atoms with Crippen molar-refractivity contribution in [2.24, 2.45) is 0 Å². The first-order valence-corrected chi connectivity index (χ1v) is 6.18. The van der Waals surface area contributed by atoms with E-state index >= 15 is 0 Å². The Bertz CT molecular complexity index is 344. The number of anilines is 1. The van der Waals surface area contributed by atoms with E-state index in [1.165, 1.54) is 0 Å². The summed E-state index contributed by atoms with van der Waals surface area (Å²) in [7, 11) is 3.38. The van der Waals surface area contributed by atoms with Gasteiger partial charge in [0, 0.05) is 32.0 Å². The standard InChI is InChI=1S/C14H23NO3/c1-11(12(2)17-4)15-13-6-5-7-14(10-13)18-9-8-16-3/h5-7,10-12,15H,8-9H2,1-4H3. The number of ether oxygens (including phenoxy) is 3. The van der Waals surface area contributed by atoms with E-state index in [9.17, 15) is 0 Å². The zero-order chi connectivity index (χ0) is 13.4. The van der Waals surface area contributed by atoms with Crippen LogP contribution in [0.15, 0.2) is 24.3 Å². The van der Waals surface area contributed by atoms with Gasteiger partial charge in [0.2, 0.25) is 0 Å². The highest BCUT2D eigenvalue weighted by atomic mass is 16.5. The van der Waals surface area contributed by atoms with Crippen molar-refractivity contribution >= 4 is 5.69 Å². The number of hydrogen-bond acceptors (Lipinski definition) is 4. The molecule has 0 heterocycles. The quantitative estimate of drug-likeness (QED) is 0.723. The molecule has 0 fully saturated rings. The Morgan fingerprint density at radius 1 is 1.17 bits per heavy atom. The maximum Gasteiger partial charge on any atom is 0.121 e. The molecule has 18 heavy (non-hydrogen) atoms. The Morgan fingerprint density at radius 3 is 2.61 bits per heavy atom. The van der Waals surface area contributed by atoms with E-state index in [-0.39, 0.29) is 12.1 Å². The fourth-order valence-corrected chi connectivity index (χ4v) is 1.50. The molecule has 1 N–H and O–H groups in total. The van der Waals surface area contributed by atoms with Gasteiger partial charge in [0.15, 0.2) is 0 Å². The van der Waals surface area contributed by atoms with Crippen LogP contribution in [0.2, 0.25) is 0 Å². The summed E-state index contributed by atoms with van der Waals surface area (Å²) >= 11 is 0. The average Bonchev–Trinajstić information content (AvgIpc) is 2.38. The zero-order valence-electron chi connectivity index (χ0n) is 11.6. The lowest BCUT2D eigenvalue weighted by Crippen LogP contribution is -2.29. The minimum absolute atomic E-state index is 0.156. The number of hydrogen-bond donors (Lipinski definition) is 1. The molecule has 0 aromatic heterocycles. The predicted octanol–water partition coefficient (Wildman–Crippen LogP) is 2.55. The van der Waals surface area contributed by atoms with Crippen molar-refractivity contribution < 1.29 is 14.2 Å². The minimum atomic E-state index is 0.156. The minimum Gasteiger partial charge on any atom is -0.491 e. The highest BCUT2D eigenvalue weighted by Gasteiger charge is 2.10. The molecule has 4 heteroatoms. The molecule has 0 aliphatic heterocycles. The lowest BCUT2D eigenvalue weighted by molar-refractivity contribution is 0.106. The summed E-state index contributed by atoms with van der Waals surface area (Å²) in [6.45, 7) is 5.28. The van der Waals surface area contributed by atoms with E-state index in [2.05, 4.69) is 12.2 Å². The van der Waals surface area contributed by atoms with Crippen LogP contribution in [-0.2, 0) is 9.47 Å².